The molecule has 0 aliphatic carbocycles. The van der Waals surface area contributed by atoms with E-state index < -0.39 is 0 Å². The summed E-state index contributed by atoms with van der Waals surface area (Å²) in [6, 6.07) is 16.7. The summed E-state index contributed by atoms with van der Waals surface area (Å²) in [7, 11) is 0. The summed E-state index contributed by atoms with van der Waals surface area (Å²) in [5.74, 6) is 0. The molecule has 0 aromatic heterocycles. The van der Waals surface area contributed by atoms with Crippen molar-refractivity contribution in [3.05, 3.63) is 73.3 Å². The number of rotatable bonds is 1. The molecule has 0 radical (unpaired) electrons. The third-order valence-electron chi connectivity index (χ3n) is 2.01. The molecule has 0 nitrogen and oxygen atoms in total. The first-order valence-corrected chi connectivity index (χ1v) is 4.96. The lowest BCUT2D eigenvalue weighted by molar-refractivity contribution is 1.58. The van der Waals surface area contributed by atoms with Crippen LogP contribution < -0.4 is 0 Å². The molecule has 0 bridgehead atoms. The van der Waals surface area contributed by atoms with Gasteiger partial charge in [-0.05, 0) is 17.7 Å². The number of hydrogen-bond acceptors (Lipinski definition) is 0. The molecule has 2 aromatic rings. The second-order valence-electron chi connectivity index (χ2n) is 3.40. The summed E-state index contributed by atoms with van der Waals surface area (Å²) in [6.45, 7) is 8.93. The lowest BCUT2D eigenvalue weighted by atomic mass is 10.1. The van der Waals surface area contributed by atoms with Gasteiger partial charge in [-0.25, -0.2) is 0 Å². The highest BCUT2D eigenvalue weighted by Gasteiger charge is 1.85. The van der Waals surface area contributed by atoms with Crippen LogP contribution in [-0.2, 0) is 0 Å². The van der Waals surface area contributed by atoms with Crippen LogP contribution in [0.4, 0.5) is 0 Å². The van der Waals surface area contributed by atoms with E-state index in [1.54, 1.807) is 6.08 Å². The maximum atomic E-state index is 3.56. The van der Waals surface area contributed by atoms with Crippen LogP contribution in [0.3, 0.4) is 0 Å². The smallest absolute Gasteiger partial charge is 0.0184 e. The number of allylic oxidation sites excluding steroid dienone is 2. The second kappa shape index (κ2) is 5.82. The molecular weight excluding hydrogens is 180 g/mol. The summed E-state index contributed by atoms with van der Waals surface area (Å²) in [4.78, 5) is 0. The van der Waals surface area contributed by atoms with Crippen molar-refractivity contribution in [2.24, 2.45) is 0 Å². The minimum absolute atomic E-state index is 1.02. The molecule has 2 aromatic carbocycles. The molecule has 0 amide bonds. The van der Waals surface area contributed by atoms with Crippen molar-refractivity contribution in [2.75, 3.05) is 0 Å². The molecule has 0 N–H and O–H groups in total. The SMILES string of the molecule is C=CC(=C)C.c1ccc2ccccc2c1. The van der Waals surface area contributed by atoms with Crippen molar-refractivity contribution in [3.8, 4) is 0 Å². The molecule has 0 saturated heterocycles. The van der Waals surface area contributed by atoms with Crippen molar-refractivity contribution in [1.82, 2.24) is 0 Å². The minimum Gasteiger partial charge on any atom is -0.0988 e. The van der Waals surface area contributed by atoms with Crippen LogP contribution >= 0.6 is 0 Å². The Bertz CT molecular complexity index is 387. The van der Waals surface area contributed by atoms with Gasteiger partial charge in [0, 0.05) is 0 Å². The molecule has 0 fully saturated rings. The minimum atomic E-state index is 1.02. The van der Waals surface area contributed by atoms with Crippen molar-refractivity contribution >= 4 is 10.8 Å². The summed E-state index contributed by atoms with van der Waals surface area (Å²) in [5, 5.41) is 2.62. The van der Waals surface area contributed by atoms with E-state index >= 15 is 0 Å². The van der Waals surface area contributed by atoms with Crippen molar-refractivity contribution < 1.29 is 0 Å². The molecule has 15 heavy (non-hydrogen) atoms. The Morgan fingerprint density at radius 2 is 1.20 bits per heavy atom. The largest absolute Gasteiger partial charge is 0.0988 e. The van der Waals surface area contributed by atoms with Crippen molar-refractivity contribution in [3.63, 3.8) is 0 Å². The van der Waals surface area contributed by atoms with E-state index in [0.717, 1.165) is 5.57 Å². The Labute approximate surface area is 91.6 Å². The van der Waals surface area contributed by atoms with Crippen LogP contribution in [0, 0.1) is 0 Å². The number of fused-ring (bicyclic) bond motifs is 1. The summed E-state index contributed by atoms with van der Waals surface area (Å²) < 4.78 is 0. The van der Waals surface area contributed by atoms with Crippen LogP contribution in [0.5, 0.6) is 0 Å². The monoisotopic (exact) mass is 196 g/mol. The van der Waals surface area contributed by atoms with Gasteiger partial charge >= 0.3 is 0 Å². The summed E-state index contributed by atoms with van der Waals surface area (Å²) in [6.07, 6.45) is 1.72. The quantitative estimate of drug-likeness (QED) is 0.585. The summed E-state index contributed by atoms with van der Waals surface area (Å²) >= 11 is 0. The molecule has 0 aliphatic rings. The van der Waals surface area contributed by atoms with Gasteiger partial charge in [0.25, 0.3) is 0 Å². The Balaban J connectivity index is 0.000000195. The van der Waals surface area contributed by atoms with Crippen LogP contribution in [0.25, 0.3) is 10.8 Å². The zero-order valence-electron chi connectivity index (χ0n) is 9.11. The lowest BCUT2D eigenvalue weighted by Gasteiger charge is -1.92. The van der Waals surface area contributed by atoms with Crippen LogP contribution in [0.1, 0.15) is 6.92 Å². The average Bonchev–Trinajstić information content (AvgIpc) is 2.30. The standard InChI is InChI=1S/C10H8.C5H8/c1-2-6-10-8-4-3-7-9(10)5-1;1-4-5(2)3/h1-8H;4H,1-2H2,3H3. The Hall–Kier alpha value is -1.82. The Morgan fingerprint density at radius 3 is 1.40 bits per heavy atom. The van der Waals surface area contributed by atoms with Gasteiger partial charge in [-0.1, -0.05) is 73.3 Å². The van der Waals surface area contributed by atoms with Gasteiger partial charge in [0.05, 0.1) is 0 Å². The Morgan fingerprint density at radius 1 is 0.933 bits per heavy atom. The van der Waals surface area contributed by atoms with Gasteiger partial charge in [0.2, 0.25) is 0 Å². The highest BCUT2D eigenvalue weighted by molar-refractivity contribution is 5.81. The molecule has 0 aliphatic heterocycles. The van der Waals surface area contributed by atoms with Crippen molar-refractivity contribution in [2.45, 2.75) is 6.92 Å². The predicted molar refractivity (Wildman–Crippen MR) is 69.0 cm³/mol. The number of hydrogen-bond donors (Lipinski definition) is 0. The predicted octanol–water partition coefficient (Wildman–Crippen LogP) is 4.59. The second-order valence-corrected chi connectivity index (χ2v) is 3.40. The van der Waals surface area contributed by atoms with Gasteiger partial charge in [-0.3, -0.25) is 0 Å². The van der Waals surface area contributed by atoms with E-state index in [4.69, 9.17) is 0 Å². The highest BCUT2D eigenvalue weighted by Crippen LogP contribution is 2.11. The normalized spacial score (nSPS) is 8.87. The van der Waals surface area contributed by atoms with E-state index in [2.05, 4.69) is 61.7 Å². The first-order chi connectivity index (χ1) is 7.24. The van der Waals surface area contributed by atoms with Gasteiger partial charge in [0.15, 0.2) is 0 Å². The molecule has 0 heteroatoms. The Kier molecular flexibility index (Phi) is 4.36. The van der Waals surface area contributed by atoms with E-state index in [1.165, 1.54) is 10.8 Å². The average molecular weight is 196 g/mol. The fraction of sp³-hybridized carbons (Fsp3) is 0.0667. The molecule has 0 unspecified atom stereocenters. The van der Waals surface area contributed by atoms with Crippen molar-refractivity contribution in [1.29, 1.82) is 0 Å². The number of benzene rings is 2. The maximum Gasteiger partial charge on any atom is -0.0184 e. The fourth-order valence-corrected chi connectivity index (χ4v) is 1.13. The van der Waals surface area contributed by atoms with Gasteiger partial charge in [-0.2, -0.15) is 0 Å². The fourth-order valence-electron chi connectivity index (χ4n) is 1.13. The molecular formula is C15H16. The van der Waals surface area contributed by atoms with Gasteiger partial charge in [0.1, 0.15) is 0 Å². The molecule has 0 atom stereocenters. The lowest BCUT2D eigenvalue weighted by Crippen LogP contribution is -1.67. The maximum absolute atomic E-state index is 3.56. The molecule has 0 heterocycles. The van der Waals surface area contributed by atoms with Gasteiger partial charge < -0.3 is 0 Å². The van der Waals surface area contributed by atoms with E-state index in [0.29, 0.717) is 0 Å². The van der Waals surface area contributed by atoms with Gasteiger partial charge in [-0.15, -0.1) is 0 Å². The van der Waals surface area contributed by atoms with E-state index in [9.17, 15) is 0 Å². The first-order valence-electron chi connectivity index (χ1n) is 4.96. The van der Waals surface area contributed by atoms with Crippen LogP contribution in [0.2, 0.25) is 0 Å². The molecule has 76 valence electrons. The van der Waals surface area contributed by atoms with E-state index in [-0.39, 0.29) is 0 Å². The van der Waals surface area contributed by atoms with E-state index in [1.807, 2.05) is 6.92 Å². The zero-order valence-corrected chi connectivity index (χ0v) is 9.11. The molecule has 2 rings (SSSR count). The van der Waals surface area contributed by atoms with Crippen LogP contribution in [0.15, 0.2) is 73.3 Å². The molecule has 0 saturated carbocycles. The zero-order chi connectivity index (χ0) is 11.1. The first kappa shape index (κ1) is 11.3. The highest BCUT2D eigenvalue weighted by atomic mass is 13.9. The third-order valence-corrected chi connectivity index (χ3v) is 2.01. The summed E-state index contributed by atoms with van der Waals surface area (Å²) in [5.41, 5.74) is 1.02. The third kappa shape index (κ3) is 3.82. The molecule has 0 spiro atoms. The topological polar surface area (TPSA) is 0 Å². The van der Waals surface area contributed by atoms with Crippen LogP contribution in [-0.4, -0.2) is 0 Å².